The van der Waals surface area contributed by atoms with Crippen LogP contribution < -0.4 is 0 Å². The third-order valence-corrected chi connectivity index (χ3v) is 4.12. The Morgan fingerprint density at radius 2 is 2.05 bits per heavy atom. The Hall–Kier alpha value is -1.19. The number of Topliss-reactive ketones (excluding diaryl/α,β-unsaturated/α-hetero) is 1. The molecule has 0 saturated carbocycles. The molecule has 2 rings (SSSR count). The van der Waals surface area contributed by atoms with Crippen molar-refractivity contribution < 1.29 is 9.18 Å². The van der Waals surface area contributed by atoms with Crippen LogP contribution in [0.4, 0.5) is 4.39 Å². The first kappa shape index (κ1) is 14.2. The molecule has 0 aliphatic rings. The number of hydrogen-bond donors (Lipinski definition) is 0. The van der Waals surface area contributed by atoms with E-state index in [1.807, 2.05) is 13.0 Å². The number of carbonyl (C=O) groups is 1. The van der Waals surface area contributed by atoms with Gasteiger partial charge < -0.3 is 0 Å². The maximum atomic E-state index is 13.6. The first-order valence-electron chi connectivity index (χ1n) is 5.71. The van der Waals surface area contributed by atoms with Crippen molar-refractivity contribution in [2.45, 2.75) is 13.3 Å². The maximum absolute atomic E-state index is 13.6. The van der Waals surface area contributed by atoms with E-state index < -0.39 is 5.82 Å². The van der Waals surface area contributed by atoms with Crippen LogP contribution in [0.1, 0.15) is 21.5 Å². The lowest BCUT2D eigenvalue weighted by molar-refractivity contribution is 0.0991. The minimum Gasteiger partial charge on any atom is -0.294 e. The van der Waals surface area contributed by atoms with Gasteiger partial charge in [-0.25, -0.2) is 4.39 Å². The summed E-state index contributed by atoms with van der Waals surface area (Å²) in [6, 6.07) is 9.72. The second kappa shape index (κ2) is 5.85. The first-order valence-corrected chi connectivity index (χ1v) is 6.88. The van der Waals surface area contributed by atoms with E-state index in [9.17, 15) is 9.18 Å². The highest BCUT2D eigenvalue weighted by atomic mass is 79.9. The molecule has 0 N–H and O–H groups in total. The Labute approximate surface area is 124 Å². The molecule has 0 amide bonds. The summed E-state index contributed by atoms with van der Waals surface area (Å²) in [7, 11) is 0. The zero-order valence-electron chi connectivity index (χ0n) is 10.2. The van der Waals surface area contributed by atoms with Crippen LogP contribution in [0, 0.1) is 12.7 Å². The summed E-state index contributed by atoms with van der Waals surface area (Å²) in [5.41, 5.74) is 1.76. The number of carbonyl (C=O) groups excluding carboxylic acids is 1. The van der Waals surface area contributed by atoms with Gasteiger partial charge in [-0.15, -0.1) is 0 Å². The number of aryl methyl sites for hydroxylation is 1. The van der Waals surface area contributed by atoms with Crippen molar-refractivity contribution in [2.24, 2.45) is 0 Å². The largest absolute Gasteiger partial charge is 0.294 e. The van der Waals surface area contributed by atoms with Crippen LogP contribution in [-0.4, -0.2) is 5.78 Å². The van der Waals surface area contributed by atoms with Crippen molar-refractivity contribution in [3.63, 3.8) is 0 Å². The van der Waals surface area contributed by atoms with Gasteiger partial charge in [0.05, 0.1) is 0 Å². The summed E-state index contributed by atoms with van der Waals surface area (Å²) in [5.74, 6) is -0.600. The number of rotatable bonds is 3. The average Bonchev–Trinajstić information content (AvgIpc) is 2.37. The van der Waals surface area contributed by atoms with E-state index in [1.165, 1.54) is 12.1 Å². The smallest absolute Gasteiger partial charge is 0.167 e. The molecule has 0 aromatic heterocycles. The normalized spacial score (nSPS) is 10.5. The van der Waals surface area contributed by atoms with E-state index in [0.29, 0.717) is 5.56 Å². The SMILES string of the molecule is Cc1cc(C(=O)Cc2c(F)cccc2Cl)ccc1Br. The molecule has 0 saturated heterocycles. The molecule has 0 aliphatic heterocycles. The molecule has 0 spiro atoms. The Bertz CT molecular complexity index is 620. The van der Waals surface area contributed by atoms with Gasteiger partial charge in [0, 0.05) is 27.0 Å². The summed E-state index contributed by atoms with van der Waals surface area (Å²) in [6.07, 6.45) is -0.0351. The molecule has 98 valence electrons. The maximum Gasteiger partial charge on any atom is 0.167 e. The average molecular weight is 342 g/mol. The highest BCUT2D eigenvalue weighted by molar-refractivity contribution is 9.10. The Morgan fingerprint density at radius 3 is 2.68 bits per heavy atom. The van der Waals surface area contributed by atoms with Crippen molar-refractivity contribution in [2.75, 3.05) is 0 Å². The van der Waals surface area contributed by atoms with E-state index >= 15 is 0 Å². The molecule has 0 heterocycles. The van der Waals surface area contributed by atoms with Gasteiger partial charge >= 0.3 is 0 Å². The molecule has 2 aromatic carbocycles. The van der Waals surface area contributed by atoms with Crippen LogP contribution in [0.5, 0.6) is 0 Å². The van der Waals surface area contributed by atoms with Crippen molar-refractivity contribution in [1.82, 2.24) is 0 Å². The van der Waals surface area contributed by atoms with Gasteiger partial charge in [0.25, 0.3) is 0 Å². The summed E-state index contributed by atoms with van der Waals surface area (Å²) in [4.78, 5) is 12.1. The summed E-state index contributed by atoms with van der Waals surface area (Å²) >= 11 is 9.29. The fraction of sp³-hybridized carbons (Fsp3) is 0.133. The molecule has 2 aromatic rings. The monoisotopic (exact) mass is 340 g/mol. The van der Waals surface area contributed by atoms with E-state index in [-0.39, 0.29) is 22.8 Å². The molecular weight excluding hydrogens is 331 g/mol. The fourth-order valence-electron chi connectivity index (χ4n) is 1.78. The third-order valence-electron chi connectivity index (χ3n) is 2.88. The Morgan fingerprint density at radius 1 is 1.32 bits per heavy atom. The van der Waals surface area contributed by atoms with Gasteiger partial charge in [0.15, 0.2) is 5.78 Å². The van der Waals surface area contributed by atoms with Gasteiger partial charge in [-0.2, -0.15) is 0 Å². The van der Waals surface area contributed by atoms with Crippen molar-refractivity contribution >= 4 is 33.3 Å². The Kier molecular flexibility index (Phi) is 4.38. The minimum atomic E-state index is -0.449. The molecular formula is C15H11BrClFO. The first-order chi connectivity index (χ1) is 8.99. The van der Waals surface area contributed by atoms with Gasteiger partial charge in [0.1, 0.15) is 5.82 Å². The van der Waals surface area contributed by atoms with Crippen molar-refractivity contribution in [3.05, 3.63) is 68.4 Å². The number of hydrogen-bond acceptors (Lipinski definition) is 1. The minimum absolute atomic E-state index is 0.0351. The zero-order valence-corrected chi connectivity index (χ0v) is 12.6. The van der Waals surface area contributed by atoms with Gasteiger partial charge in [-0.1, -0.05) is 39.7 Å². The molecule has 0 bridgehead atoms. The van der Waals surface area contributed by atoms with Crippen LogP contribution in [-0.2, 0) is 6.42 Å². The molecule has 0 radical (unpaired) electrons. The molecule has 0 unspecified atom stereocenters. The van der Waals surface area contributed by atoms with E-state index in [4.69, 9.17) is 11.6 Å². The second-order valence-corrected chi connectivity index (χ2v) is 5.53. The highest BCUT2D eigenvalue weighted by Crippen LogP contribution is 2.22. The van der Waals surface area contributed by atoms with Gasteiger partial charge in [-0.05, 0) is 36.8 Å². The van der Waals surface area contributed by atoms with E-state index in [2.05, 4.69) is 15.9 Å². The summed E-state index contributed by atoms with van der Waals surface area (Å²) in [5, 5.41) is 0.280. The molecule has 0 atom stereocenters. The number of halogens is 3. The highest BCUT2D eigenvalue weighted by Gasteiger charge is 2.14. The molecule has 0 fully saturated rings. The standard InChI is InChI=1S/C15H11BrClFO/c1-9-7-10(5-6-12(9)16)15(19)8-11-13(17)3-2-4-14(11)18/h2-7H,8H2,1H3. The molecule has 4 heteroatoms. The third kappa shape index (κ3) is 3.23. The van der Waals surface area contributed by atoms with Crippen LogP contribution in [0.15, 0.2) is 40.9 Å². The fourth-order valence-corrected chi connectivity index (χ4v) is 2.26. The van der Waals surface area contributed by atoms with Crippen LogP contribution in [0.25, 0.3) is 0 Å². The topological polar surface area (TPSA) is 17.1 Å². The lowest BCUT2D eigenvalue weighted by Crippen LogP contribution is -2.06. The molecule has 1 nitrogen and oxygen atoms in total. The summed E-state index contributed by atoms with van der Waals surface area (Å²) < 4.78 is 14.6. The lowest BCUT2D eigenvalue weighted by atomic mass is 10.0. The lowest BCUT2D eigenvalue weighted by Gasteiger charge is -2.06. The van der Waals surface area contributed by atoms with Crippen LogP contribution in [0.2, 0.25) is 5.02 Å². The van der Waals surface area contributed by atoms with Crippen molar-refractivity contribution in [3.8, 4) is 0 Å². The predicted molar refractivity (Wildman–Crippen MR) is 78.3 cm³/mol. The predicted octanol–water partition coefficient (Wildman–Crippen LogP) is 4.98. The molecule has 0 aliphatic carbocycles. The molecule has 19 heavy (non-hydrogen) atoms. The van der Waals surface area contributed by atoms with Gasteiger partial charge in [0.2, 0.25) is 0 Å². The quantitative estimate of drug-likeness (QED) is 0.720. The van der Waals surface area contributed by atoms with E-state index in [0.717, 1.165) is 10.0 Å². The zero-order chi connectivity index (χ0) is 14.0. The number of ketones is 1. The van der Waals surface area contributed by atoms with Gasteiger partial charge in [-0.3, -0.25) is 4.79 Å². The number of benzene rings is 2. The van der Waals surface area contributed by atoms with Crippen LogP contribution in [0.3, 0.4) is 0 Å². The second-order valence-electron chi connectivity index (χ2n) is 4.26. The van der Waals surface area contributed by atoms with E-state index in [1.54, 1.807) is 18.2 Å². The summed E-state index contributed by atoms with van der Waals surface area (Å²) in [6.45, 7) is 1.90. The van der Waals surface area contributed by atoms with Crippen molar-refractivity contribution in [1.29, 1.82) is 0 Å². The van der Waals surface area contributed by atoms with Crippen LogP contribution >= 0.6 is 27.5 Å². The Balaban J connectivity index is 2.28.